The smallest absolute Gasteiger partial charge is 0.229 e. The number of aromatic nitrogens is 2. The first-order valence-electron chi connectivity index (χ1n) is 9.59. The number of hydrogen-bond acceptors (Lipinski definition) is 6. The molecule has 6 nitrogen and oxygen atoms in total. The van der Waals surface area contributed by atoms with E-state index in [1.54, 1.807) is 0 Å². The SMILES string of the molecule is CCOc1ccccc1Nc1nc(-c2ccccc2)cc(N2CCOCC2)n1. The zero-order chi connectivity index (χ0) is 19.2. The van der Waals surface area contributed by atoms with Crippen molar-refractivity contribution in [2.24, 2.45) is 0 Å². The molecular formula is C22H24N4O2. The van der Waals surface area contributed by atoms with Crippen LogP contribution in [0.2, 0.25) is 0 Å². The van der Waals surface area contributed by atoms with Crippen LogP contribution in [0.3, 0.4) is 0 Å². The summed E-state index contributed by atoms with van der Waals surface area (Å²) in [6.45, 7) is 5.63. The average molecular weight is 376 g/mol. The van der Waals surface area contributed by atoms with Gasteiger partial charge < -0.3 is 19.7 Å². The number of ether oxygens (including phenoxy) is 2. The van der Waals surface area contributed by atoms with Gasteiger partial charge in [-0.25, -0.2) is 4.98 Å². The van der Waals surface area contributed by atoms with E-state index in [-0.39, 0.29) is 0 Å². The summed E-state index contributed by atoms with van der Waals surface area (Å²) in [5.41, 5.74) is 2.79. The van der Waals surface area contributed by atoms with Crippen LogP contribution < -0.4 is 15.0 Å². The minimum absolute atomic E-state index is 0.551. The van der Waals surface area contributed by atoms with Crippen LogP contribution in [0, 0.1) is 0 Å². The van der Waals surface area contributed by atoms with Crippen molar-refractivity contribution in [2.45, 2.75) is 6.92 Å². The van der Waals surface area contributed by atoms with Gasteiger partial charge in [-0.3, -0.25) is 0 Å². The van der Waals surface area contributed by atoms with Gasteiger partial charge in [-0.05, 0) is 19.1 Å². The van der Waals surface area contributed by atoms with Crippen LogP contribution in [-0.2, 0) is 4.74 Å². The molecular weight excluding hydrogens is 352 g/mol. The van der Waals surface area contributed by atoms with Gasteiger partial charge in [0, 0.05) is 24.7 Å². The van der Waals surface area contributed by atoms with Gasteiger partial charge in [-0.15, -0.1) is 0 Å². The molecule has 0 bridgehead atoms. The van der Waals surface area contributed by atoms with Crippen molar-refractivity contribution in [1.82, 2.24) is 9.97 Å². The molecule has 2 heterocycles. The van der Waals surface area contributed by atoms with Crippen molar-refractivity contribution in [3.8, 4) is 17.0 Å². The zero-order valence-corrected chi connectivity index (χ0v) is 16.0. The number of para-hydroxylation sites is 2. The Bertz CT molecular complexity index is 911. The predicted molar refractivity (Wildman–Crippen MR) is 111 cm³/mol. The van der Waals surface area contributed by atoms with E-state index in [0.717, 1.165) is 41.6 Å². The quantitative estimate of drug-likeness (QED) is 0.698. The zero-order valence-electron chi connectivity index (χ0n) is 16.0. The fourth-order valence-corrected chi connectivity index (χ4v) is 3.17. The molecule has 1 aliphatic rings. The number of nitrogens with zero attached hydrogens (tertiary/aromatic N) is 3. The fraction of sp³-hybridized carbons (Fsp3) is 0.273. The van der Waals surface area contributed by atoms with E-state index >= 15 is 0 Å². The number of benzene rings is 2. The minimum atomic E-state index is 0.551. The molecule has 28 heavy (non-hydrogen) atoms. The van der Waals surface area contributed by atoms with Gasteiger partial charge in [-0.2, -0.15) is 4.98 Å². The number of rotatable bonds is 6. The molecule has 0 saturated carbocycles. The summed E-state index contributed by atoms with van der Waals surface area (Å²) in [7, 11) is 0. The third-order valence-corrected chi connectivity index (χ3v) is 4.55. The number of nitrogens with one attached hydrogen (secondary N) is 1. The third kappa shape index (κ3) is 4.23. The first kappa shape index (κ1) is 18.3. The van der Waals surface area contributed by atoms with Gasteiger partial charge in [-0.1, -0.05) is 42.5 Å². The molecule has 2 aromatic carbocycles. The van der Waals surface area contributed by atoms with Crippen LogP contribution in [0.15, 0.2) is 60.7 Å². The van der Waals surface area contributed by atoms with E-state index in [1.165, 1.54) is 0 Å². The molecule has 0 aliphatic carbocycles. The number of anilines is 3. The molecule has 0 radical (unpaired) electrons. The van der Waals surface area contributed by atoms with Gasteiger partial charge in [0.05, 0.1) is 31.2 Å². The highest BCUT2D eigenvalue weighted by atomic mass is 16.5. The Morgan fingerprint density at radius 3 is 2.54 bits per heavy atom. The Morgan fingerprint density at radius 2 is 1.75 bits per heavy atom. The molecule has 3 aromatic rings. The van der Waals surface area contributed by atoms with Crippen molar-refractivity contribution in [1.29, 1.82) is 0 Å². The maximum atomic E-state index is 5.73. The van der Waals surface area contributed by atoms with Crippen LogP contribution >= 0.6 is 0 Å². The van der Waals surface area contributed by atoms with Crippen LogP contribution in [0.25, 0.3) is 11.3 Å². The van der Waals surface area contributed by atoms with E-state index in [9.17, 15) is 0 Å². The molecule has 0 unspecified atom stereocenters. The third-order valence-electron chi connectivity index (χ3n) is 4.55. The van der Waals surface area contributed by atoms with Gasteiger partial charge in [0.15, 0.2) is 0 Å². The molecule has 4 rings (SSSR count). The molecule has 1 aliphatic heterocycles. The molecule has 1 fully saturated rings. The maximum Gasteiger partial charge on any atom is 0.229 e. The van der Waals surface area contributed by atoms with Gasteiger partial charge in [0.2, 0.25) is 5.95 Å². The maximum absolute atomic E-state index is 5.73. The second kappa shape index (κ2) is 8.71. The average Bonchev–Trinajstić information content (AvgIpc) is 2.76. The molecule has 144 valence electrons. The summed E-state index contributed by atoms with van der Waals surface area (Å²) in [5.74, 6) is 2.23. The van der Waals surface area contributed by atoms with Gasteiger partial charge in [0.1, 0.15) is 11.6 Å². The highest BCUT2D eigenvalue weighted by molar-refractivity contribution is 5.68. The Labute approximate surface area is 165 Å². The van der Waals surface area contributed by atoms with Crippen molar-refractivity contribution in [3.05, 3.63) is 60.7 Å². The van der Waals surface area contributed by atoms with Gasteiger partial charge in [0.25, 0.3) is 0 Å². The van der Waals surface area contributed by atoms with E-state index in [4.69, 9.17) is 19.4 Å². The van der Waals surface area contributed by atoms with E-state index in [0.29, 0.717) is 25.8 Å². The normalized spacial score (nSPS) is 14.0. The highest BCUT2D eigenvalue weighted by Gasteiger charge is 2.16. The minimum Gasteiger partial charge on any atom is -0.492 e. The van der Waals surface area contributed by atoms with E-state index in [1.807, 2.05) is 55.5 Å². The van der Waals surface area contributed by atoms with Crippen molar-refractivity contribution >= 4 is 17.5 Å². The molecule has 0 atom stereocenters. The van der Waals surface area contributed by atoms with Crippen LogP contribution in [0.1, 0.15) is 6.92 Å². The second-order valence-electron chi connectivity index (χ2n) is 6.45. The van der Waals surface area contributed by atoms with Crippen molar-refractivity contribution < 1.29 is 9.47 Å². The second-order valence-corrected chi connectivity index (χ2v) is 6.45. The standard InChI is InChI=1S/C22H24N4O2/c1-2-28-20-11-7-6-10-18(20)23-22-24-19(17-8-4-3-5-9-17)16-21(25-22)26-12-14-27-15-13-26/h3-11,16H,2,12-15H2,1H3,(H,23,24,25). The number of morpholine rings is 1. The first-order valence-corrected chi connectivity index (χ1v) is 9.59. The summed E-state index contributed by atoms with van der Waals surface area (Å²) < 4.78 is 11.2. The predicted octanol–water partition coefficient (Wildman–Crippen LogP) is 4.12. The van der Waals surface area contributed by atoms with Crippen molar-refractivity contribution in [3.63, 3.8) is 0 Å². The lowest BCUT2D eigenvalue weighted by molar-refractivity contribution is 0.122. The topological polar surface area (TPSA) is 59.5 Å². The molecule has 6 heteroatoms. The lowest BCUT2D eigenvalue weighted by Gasteiger charge is -2.28. The highest BCUT2D eigenvalue weighted by Crippen LogP contribution is 2.29. The largest absolute Gasteiger partial charge is 0.492 e. The Hall–Kier alpha value is -3.12. The van der Waals surface area contributed by atoms with Crippen LogP contribution in [0.4, 0.5) is 17.5 Å². The Morgan fingerprint density at radius 1 is 1.00 bits per heavy atom. The summed E-state index contributed by atoms with van der Waals surface area (Å²) in [6, 6.07) is 20.0. The summed E-state index contributed by atoms with van der Waals surface area (Å²) >= 11 is 0. The molecule has 0 amide bonds. The van der Waals surface area contributed by atoms with E-state index in [2.05, 4.69) is 22.3 Å². The Kier molecular flexibility index (Phi) is 5.68. The Balaban J connectivity index is 1.71. The molecule has 1 aromatic heterocycles. The van der Waals surface area contributed by atoms with Crippen LogP contribution in [0.5, 0.6) is 5.75 Å². The lowest BCUT2D eigenvalue weighted by atomic mass is 10.1. The molecule has 0 spiro atoms. The van der Waals surface area contributed by atoms with Crippen molar-refractivity contribution in [2.75, 3.05) is 43.1 Å². The monoisotopic (exact) mass is 376 g/mol. The number of hydrogen-bond donors (Lipinski definition) is 1. The summed E-state index contributed by atoms with van der Waals surface area (Å²) in [6.07, 6.45) is 0. The lowest BCUT2D eigenvalue weighted by Crippen LogP contribution is -2.36. The molecule has 1 saturated heterocycles. The van der Waals surface area contributed by atoms with Crippen LogP contribution in [-0.4, -0.2) is 42.9 Å². The molecule has 1 N–H and O–H groups in total. The van der Waals surface area contributed by atoms with Gasteiger partial charge >= 0.3 is 0 Å². The fourth-order valence-electron chi connectivity index (χ4n) is 3.17. The van der Waals surface area contributed by atoms with E-state index < -0.39 is 0 Å². The summed E-state index contributed by atoms with van der Waals surface area (Å²) in [4.78, 5) is 11.8. The first-order chi connectivity index (χ1) is 13.8. The summed E-state index contributed by atoms with van der Waals surface area (Å²) in [5, 5.41) is 3.34.